The highest BCUT2D eigenvalue weighted by atomic mass is 79.9. The highest BCUT2D eigenvalue weighted by Crippen LogP contribution is 2.36. The van der Waals surface area contributed by atoms with E-state index < -0.39 is 0 Å². The van der Waals surface area contributed by atoms with E-state index in [1.165, 1.54) is 30.6 Å². The Morgan fingerprint density at radius 1 is 1.43 bits per heavy atom. The van der Waals surface area contributed by atoms with Crippen LogP contribution in [0.25, 0.3) is 0 Å². The number of halogens is 2. The number of rotatable bonds is 5. The number of thiophene rings is 1. The lowest BCUT2D eigenvalue weighted by Crippen LogP contribution is -2.29. The topological polar surface area (TPSA) is 55.9 Å². The molecule has 2 aromatic heterocycles. The van der Waals surface area contributed by atoms with Crippen molar-refractivity contribution in [2.45, 2.75) is 44.2 Å². The first-order valence-corrected chi connectivity index (χ1v) is 9.52. The van der Waals surface area contributed by atoms with Gasteiger partial charge in [0.15, 0.2) is 0 Å². The third-order valence-corrected chi connectivity index (χ3v) is 7.35. The Morgan fingerprint density at radius 2 is 2.19 bits per heavy atom. The van der Waals surface area contributed by atoms with Crippen LogP contribution < -0.4 is 11.3 Å². The molecular weight excluding hydrogens is 416 g/mol. The maximum absolute atomic E-state index is 5.73. The van der Waals surface area contributed by atoms with Gasteiger partial charge in [-0.05, 0) is 56.8 Å². The third kappa shape index (κ3) is 3.59. The molecule has 7 heteroatoms. The molecule has 1 aliphatic carbocycles. The van der Waals surface area contributed by atoms with Crippen LogP contribution in [0.15, 0.2) is 26.6 Å². The van der Waals surface area contributed by atoms with E-state index in [2.05, 4.69) is 60.3 Å². The summed E-state index contributed by atoms with van der Waals surface area (Å²) in [7, 11) is 0. The summed E-state index contributed by atoms with van der Waals surface area (Å²) in [5.41, 5.74) is 3.99. The first-order valence-electron chi connectivity index (χ1n) is 7.12. The number of hydrogen-bond acceptors (Lipinski definition) is 4. The van der Waals surface area contributed by atoms with Crippen LogP contribution in [0.3, 0.4) is 0 Å². The smallest absolute Gasteiger partial charge is 0.0843 e. The molecule has 0 aliphatic heterocycles. The zero-order chi connectivity index (χ0) is 14.8. The van der Waals surface area contributed by atoms with Crippen molar-refractivity contribution in [2.75, 3.05) is 0 Å². The van der Waals surface area contributed by atoms with Gasteiger partial charge in [-0.3, -0.25) is 16.0 Å². The molecule has 0 saturated heterocycles. The molecule has 114 valence electrons. The van der Waals surface area contributed by atoms with E-state index >= 15 is 0 Å². The van der Waals surface area contributed by atoms with Crippen LogP contribution in [0, 0.1) is 0 Å². The Hall–Kier alpha value is -0.210. The Balaban J connectivity index is 1.71. The van der Waals surface area contributed by atoms with E-state index in [0.29, 0.717) is 6.04 Å². The lowest BCUT2D eigenvalue weighted by molar-refractivity contribution is 0.458. The minimum Gasteiger partial charge on any atom is -0.271 e. The van der Waals surface area contributed by atoms with Gasteiger partial charge in [0, 0.05) is 22.0 Å². The van der Waals surface area contributed by atoms with Crippen LogP contribution in [0.4, 0.5) is 0 Å². The minimum atomic E-state index is 0.0875. The summed E-state index contributed by atoms with van der Waals surface area (Å²) in [6.45, 7) is 0. The molecule has 0 bridgehead atoms. The summed E-state index contributed by atoms with van der Waals surface area (Å²) in [6.07, 6.45) is 8.07. The van der Waals surface area contributed by atoms with Crippen molar-refractivity contribution in [1.82, 2.24) is 15.2 Å². The molecule has 1 atom stereocenters. The van der Waals surface area contributed by atoms with Crippen molar-refractivity contribution in [3.63, 3.8) is 0 Å². The number of hydrogen-bond donors (Lipinski definition) is 2. The first kappa shape index (κ1) is 15.7. The number of nitrogens with two attached hydrogens (primary N) is 1. The predicted octanol–water partition coefficient (Wildman–Crippen LogP) is 4.33. The van der Waals surface area contributed by atoms with Gasteiger partial charge in [-0.2, -0.15) is 5.10 Å². The van der Waals surface area contributed by atoms with Crippen LogP contribution >= 0.6 is 43.2 Å². The third-order valence-electron chi connectivity index (χ3n) is 3.98. The molecule has 2 heterocycles. The Kier molecular flexibility index (Phi) is 5.16. The van der Waals surface area contributed by atoms with Crippen molar-refractivity contribution < 1.29 is 0 Å². The normalized spacial score (nSPS) is 17.5. The van der Waals surface area contributed by atoms with Crippen molar-refractivity contribution in [3.05, 3.63) is 37.2 Å². The summed E-state index contributed by atoms with van der Waals surface area (Å²) >= 11 is 8.75. The minimum absolute atomic E-state index is 0.0875. The highest BCUT2D eigenvalue weighted by Gasteiger charge is 2.20. The standard InChI is InChI=1S/C14H18Br2N4S/c15-11-8-13(21-14(11)16)12(18-17)7-9-5-6-20(19-9)10-3-1-2-4-10/h5-6,8,10,12,18H,1-4,7,17H2. The summed E-state index contributed by atoms with van der Waals surface area (Å²) in [5.74, 6) is 5.73. The molecule has 2 aromatic rings. The monoisotopic (exact) mass is 432 g/mol. The maximum Gasteiger partial charge on any atom is 0.0843 e. The van der Waals surface area contributed by atoms with Crippen LogP contribution in [0.2, 0.25) is 0 Å². The molecule has 21 heavy (non-hydrogen) atoms. The summed E-state index contributed by atoms with van der Waals surface area (Å²) in [5, 5.41) is 4.74. The van der Waals surface area contributed by atoms with Crippen LogP contribution in [0.5, 0.6) is 0 Å². The van der Waals surface area contributed by atoms with Gasteiger partial charge >= 0.3 is 0 Å². The fraction of sp³-hybridized carbons (Fsp3) is 0.500. The molecular formula is C14H18Br2N4S. The molecule has 1 saturated carbocycles. The maximum atomic E-state index is 5.73. The number of nitrogens with zero attached hydrogens (tertiary/aromatic N) is 2. The zero-order valence-corrected chi connectivity index (χ0v) is 15.5. The van der Waals surface area contributed by atoms with Crippen molar-refractivity contribution in [1.29, 1.82) is 0 Å². The second kappa shape index (κ2) is 6.91. The number of aromatic nitrogens is 2. The van der Waals surface area contributed by atoms with Crippen LogP contribution in [0.1, 0.15) is 48.3 Å². The zero-order valence-electron chi connectivity index (χ0n) is 11.6. The van der Waals surface area contributed by atoms with Gasteiger partial charge < -0.3 is 0 Å². The molecule has 1 unspecified atom stereocenters. The average Bonchev–Trinajstić information content (AvgIpc) is 3.18. The van der Waals surface area contributed by atoms with E-state index in [4.69, 9.17) is 10.9 Å². The van der Waals surface area contributed by atoms with E-state index in [1.54, 1.807) is 11.3 Å². The molecule has 0 spiro atoms. The van der Waals surface area contributed by atoms with E-state index in [1.807, 2.05) is 0 Å². The molecule has 4 nitrogen and oxygen atoms in total. The van der Waals surface area contributed by atoms with Gasteiger partial charge in [0.2, 0.25) is 0 Å². The van der Waals surface area contributed by atoms with Gasteiger partial charge in [-0.15, -0.1) is 11.3 Å². The molecule has 0 amide bonds. The number of hydrazine groups is 1. The summed E-state index contributed by atoms with van der Waals surface area (Å²) < 4.78 is 4.30. The molecule has 0 aromatic carbocycles. The fourth-order valence-corrected chi connectivity index (χ4v) is 4.99. The highest BCUT2D eigenvalue weighted by molar-refractivity contribution is 9.13. The van der Waals surface area contributed by atoms with Gasteiger partial charge in [0.25, 0.3) is 0 Å². The SMILES string of the molecule is NNC(Cc1ccn(C2CCCC2)n1)c1cc(Br)c(Br)s1. The number of nitrogens with one attached hydrogen (secondary N) is 1. The Morgan fingerprint density at radius 3 is 2.81 bits per heavy atom. The van der Waals surface area contributed by atoms with Gasteiger partial charge in [-0.25, -0.2) is 0 Å². The Labute approximate surface area is 145 Å². The van der Waals surface area contributed by atoms with Crippen LogP contribution in [-0.4, -0.2) is 9.78 Å². The fourth-order valence-electron chi connectivity index (χ4n) is 2.84. The van der Waals surface area contributed by atoms with E-state index in [9.17, 15) is 0 Å². The second-order valence-corrected chi connectivity index (χ2v) is 8.68. The molecule has 1 aliphatic rings. The first-order chi connectivity index (χ1) is 10.2. The van der Waals surface area contributed by atoms with Gasteiger partial charge in [0.05, 0.1) is 21.6 Å². The second-order valence-electron chi connectivity index (χ2n) is 5.42. The lowest BCUT2D eigenvalue weighted by Gasteiger charge is -2.13. The summed E-state index contributed by atoms with van der Waals surface area (Å²) in [4.78, 5) is 1.20. The molecule has 3 rings (SSSR count). The van der Waals surface area contributed by atoms with E-state index in [0.717, 1.165) is 20.4 Å². The van der Waals surface area contributed by atoms with Gasteiger partial charge in [-0.1, -0.05) is 12.8 Å². The molecule has 3 N–H and O–H groups in total. The molecule has 0 radical (unpaired) electrons. The van der Waals surface area contributed by atoms with Gasteiger partial charge in [0.1, 0.15) is 0 Å². The van der Waals surface area contributed by atoms with E-state index in [-0.39, 0.29) is 6.04 Å². The largest absolute Gasteiger partial charge is 0.271 e. The Bertz CT molecular complexity index is 584. The average molecular weight is 434 g/mol. The molecule has 1 fully saturated rings. The van der Waals surface area contributed by atoms with Crippen molar-refractivity contribution in [3.8, 4) is 0 Å². The lowest BCUT2D eigenvalue weighted by atomic mass is 10.1. The quantitative estimate of drug-likeness (QED) is 0.544. The van der Waals surface area contributed by atoms with Crippen LogP contribution in [-0.2, 0) is 6.42 Å². The predicted molar refractivity (Wildman–Crippen MR) is 93.2 cm³/mol. The van der Waals surface area contributed by atoms with Crippen molar-refractivity contribution >= 4 is 43.2 Å². The summed E-state index contributed by atoms with van der Waals surface area (Å²) in [6, 6.07) is 4.89. The van der Waals surface area contributed by atoms with Crippen molar-refractivity contribution in [2.24, 2.45) is 5.84 Å².